The van der Waals surface area contributed by atoms with Crippen molar-refractivity contribution in [1.29, 1.82) is 0 Å². The summed E-state index contributed by atoms with van der Waals surface area (Å²) in [6, 6.07) is 20.6. The molecule has 0 saturated heterocycles. The van der Waals surface area contributed by atoms with E-state index < -0.39 is 0 Å². The van der Waals surface area contributed by atoms with Gasteiger partial charge in [0.15, 0.2) is 6.10 Å². The van der Waals surface area contributed by atoms with Crippen molar-refractivity contribution in [1.82, 2.24) is 0 Å². The van der Waals surface area contributed by atoms with Crippen LogP contribution < -0.4 is 0 Å². The molecule has 1 aliphatic heterocycles. The number of oxime groups is 1. The van der Waals surface area contributed by atoms with Gasteiger partial charge in [-0.3, -0.25) is 0 Å². The van der Waals surface area contributed by atoms with Crippen molar-refractivity contribution in [2.75, 3.05) is 0 Å². The van der Waals surface area contributed by atoms with Gasteiger partial charge in [-0.2, -0.15) is 0 Å². The second-order valence-corrected chi connectivity index (χ2v) is 4.13. The first-order valence-electron chi connectivity index (χ1n) is 5.74. The highest BCUT2D eigenvalue weighted by Gasteiger charge is 2.29. The normalized spacial score (nSPS) is 22.4. The molecular weight excluding hydrogens is 210 g/mol. The van der Waals surface area contributed by atoms with Crippen LogP contribution in [0.2, 0.25) is 0 Å². The zero-order valence-electron chi connectivity index (χ0n) is 9.36. The van der Waals surface area contributed by atoms with Gasteiger partial charge in [-0.1, -0.05) is 65.8 Å². The zero-order chi connectivity index (χ0) is 11.5. The van der Waals surface area contributed by atoms with Gasteiger partial charge in [0, 0.05) is 0 Å². The van der Waals surface area contributed by atoms with Crippen molar-refractivity contribution in [3.63, 3.8) is 0 Å². The lowest BCUT2D eigenvalue weighted by atomic mass is 9.91. The summed E-state index contributed by atoms with van der Waals surface area (Å²) in [7, 11) is 0. The maximum Gasteiger partial charge on any atom is 0.164 e. The summed E-state index contributed by atoms with van der Waals surface area (Å²) >= 11 is 0. The van der Waals surface area contributed by atoms with Crippen LogP contribution in [-0.4, -0.2) is 6.21 Å². The number of nitrogens with zero attached hydrogens (tertiary/aromatic N) is 1. The van der Waals surface area contributed by atoms with Crippen LogP contribution in [0.25, 0.3) is 0 Å². The summed E-state index contributed by atoms with van der Waals surface area (Å²) in [6.07, 6.45) is 1.88. The highest BCUT2D eigenvalue weighted by molar-refractivity contribution is 5.70. The standard InChI is InChI=1S/C15H13NO/c1-3-7-12(8-4-1)14-11-16-17-15(14)13-9-5-2-6-10-13/h1-11,14-15H/t14-,15-/m0/s1. The Labute approximate surface area is 101 Å². The molecule has 2 aromatic rings. The molecule has 2 nitrogen and oxygen atoms in total. The molecular formula is C15H13NO. The lowest BCUT2D eigenvalue weighted by Crippen LogP contribution is -2.08. The summed E-state index contributed by atoms with van der Waals surface area (Å²) in [5.74, 6) is 0.207. The monoisotopic (exact) mass is 223 g/mol. The molecule has 0 fully saturated rings. The molecule has 3 rings (SSSR count). The first-order valence-corrected chi connectivity index (χ1v) is 5.74. The van der Waals surface area contributed by atoms with Crippen LogP contribution in [0.1, 0.15) is 23.1 Å². The molecule has 0 N–H and O–H groups in total. The summed E-state index contributed by atoms with van der Waals surface area (Å²) in [5.41, 5.74) is 2.40. The Bertz CT molecular complexity index is 507. The molecule has 0 radical (unpaired) electrons. The maximum absolute atomic E-state index is 5.48. The highest BCUT2D eigenvalue weighted by Crippen LogP contribution is 2.36. The van der Waals surface area contributed by atoms with Crippen molar-refractivity contribution in [2.45, 2.75) is 12.0 Å². The van der Waals surface area contributed by atoms with Crippen LogP contribution >= 0.6 is 0 Å². The molecule has 0 unspecified atom stereocenters. The van der Waals surface area contributed by atoms with Gasteiger partial charge in [-0.05, 0) is 11.1 Å². The van der Waals surface area contributed by atoms with E-state index in [1.54, 1.807) is 0 Å². The Kier molecular flexibility index (Phi) is 2.62. The summed E-state index contributed by atoms with van der Waals surface area (Å²) in [5, 5.41) is 3.97. The number of hydrogen-bond donors (Lipinski definition) is 0. The van der Waals surface area contributed by atoms with E-state index >= 15 is 0 Å². The first-order chi connectivity index (χ1) is 8.45. The van der Waals surface area contributed by atoms with Crippen molar-refractivity contribution in [3.8, 4) is 0 Å². The molecule has 2 heteroatoms. The fourth-order valence-electron chi connectivity index (χ4n) is 2.16. The third-order valence-electron chi connectivity index (χ3n) is 3.03. The van der Waals surface area contributed by atoms with Crippen molar-refractivity contribution in [2.24, 2.45) is 5.16 Å². The predicted octanol–water partition coefficient (Wildman–Crippen LogP) is 3.53. The smallest absolute Gasteiger partial charge is 0.164 e. The van der Waals surface area contributed by atoms with E-state index in [9.17, 15) is 0 Å². The second kappa shape index (κ2) is 4.42. The van der Waals surface area contributed by atoms with E-state index in [0.717, 1.165) is 0 Å². The summed E-state index contributed by atoms with van der Waals surface area (Å²) in [4.78, 5) is 5.48. The first kappa shape index (κ1) is 10.1. The molecule has 0 bridgehead atoms. The van der Waals surface area contributed by atoms with Crippen molar-refractivity contribution >= 4 is 6.21 Å². The third kappa shape index (κ3) is 1.94. The molecule has 0 spiro atoms. The molecule has 0 amide bonds. The topological polar surface area (TPSA) is 21.6 Å². The van der Waals surface area contributed by atoms with Crippen LogP contribution in [0.15, 0.2) is 65.8 Å². The van der Waals surface area contributed by atoms with Gasteiger partial charge in [0.25, 0.3) is 0 Å². The van der Waals surface area contributed by atoms with Crippen LogP contribution in [-0.2, 0) is 4.84 Å². The molecule has 1 aliphatic rings. The Morgan fingerprint density at radius 3 is 2.00 bits per heavy atom. The molecule has 17 heavy (non-hydrogen) atoms. The Morgan fingerprint density at radius 1 is 0.765 bits per heavy atom. The summed E-state index contributed by atoms with van der Waals surface area (Å²) in [6.45, 7) is 0. The van der Waals surface area contributed by atoms with Crippen LogP contribution in [0.5, 0.6) is 0 Å². The average molecular weight is 223 g/mol. The van der Waals surface area contributed by atoms with E-state index in [-0.39, 0.29) is 12.0 Å². The van der Waals surface area contributed by atoms with Gasteiger partial charge in [-0.15, -0.1) is 0 Å². The minimum absolute atomic E-state index is 0.00130. The van der Waals surface area contributed by atoms with E-state index in [1.807, 2.05) is 42.6 Å². The van der Waals surface area contributed by atoms with Crippen LogP contribution in [0, 0.1) is 0 Å². The van der Waals surface area contributed by atoms with Crippen molar-refractivity contribution < 1.29 is 4.84 Å². The quantitative estimate of drug-likeness (QED) is 0.763. The van der Waals surface area contributed by atoms with E-state index in [4.69, 9.17) is 4.84 Å². The van der Waals surface area contributed by atoms with Gasteiger partial charge in [0.05, 0.1) is 12.1 Å². The number of benzene rings is 2. The highest BCUT2D eigenvalue weighted by atomic mass is 16.6. The Balaban J connectivity index is 1.93. The van der Waals surface area contributed by atoms with E-state index in [1.165, 1.54) is 11.1 Å². The lowest BCUT2D eigenvalue weighted by Gasteiger charge is -2.16. The van der Waals surface area contributed by atoms with Gasteiger partial charge in [0.1, 0.15) is 0 Å². The lowest BCUT2D eigenvalue weighted by molar-refractivity contribution is 0.0763. The predicted molar refractivity (Wildman–Crippen MR) is 67.9 cm³/mol. The molecule has 2 aromatic carbocycles. The van der Waals surface area contributed by atoms with Crippen LogP contribution in [0.4, 0.5) is 0 Å². The van der Waals surface area contributed by atoms with E-state index in [2.05, 4.69) is 29.4 Å². The Morgan fingerprint density at radius 2 is 1.35 bits per heavy atom. The van der Waals surface area contributed by atoms with Crippen molar-refractivity contribution in [3.05, 3.63) is 71.8 Å². The Hall–Kier alpha value is -2.09. The largest absolute Gasteiger partial charge is 0.387 e. The molecule has 1 heterocycles. The van der Waals surface area contributed by atoms with Crippen LogP contribution in [0.3, 0.4) is 0 Å². The molecule has 2 atom stereocenters. The summed E-state index contributed by atoms with van der Waals surface area (Å²) < 4.78 is 0. The molecule has 0 saturated carbocycles. The maximum atomic E-state index is 5.48. The minimum Gasteiger partial charge on any atom is -0.387 e. The number of hydrogen-bond acceptors (Lipinski definition) is 2. The fourth-order valence-corrected chi connectivity index (χ4v) is 2.16. The van der Waals surface area contributed by atoms with Gasteiger partial charge in [0.2, 0.25) is 0 Å². The zero-order valence-corrected chi connectivity index (χ0v) is 9.36. The minimum atomic E-state index is -0.00130. The molecule has 0 aromatic heterocycles. The van der Waals surface area contributed by atoms with E-state index in [0.29, 0.717) is 0 Å². The van der Waals surface area contributed by atoms with Gasteiger partial charge >= 0.3 is 0 Å². The molecule has 84 valence electrons. The second-order valence-electron chi connectivity index (χ2n) is 4.13. The van der Waals surface area contributed by atoms with Gasteiger partial charge < -0.3 is 4.84 Å². The molecule has 0 aliphatic carbocycles. The van der Waals surface area contributed by atoms with Gasteiger partial charge in [-0.25, -0.2) is 0 Å². The average Bonchev–Trinajstić information content (AvgIpc) is 2.90. The third-order valence-corrected chi connectivity index (χ3v) is 3.03. The SMILES string of the molecule is C1=NO[C@@H](c2ccccc2)[C@@H]1c1ccccc1. The fraction of sp³-hybridized carbons (Fsp3) is 0.133. The number of rotatable bonds is 2.